The first kappa shape index (κ1) is 33.6. The molecule has 2 aliphatic heterocycles. The summed E-state index contributed by atoms with van der Waals surface area (Å²) in [5.74, 6) is 0. The molecule has 0 radical (unpaired) electrons. The highest BCUT2D eigenvalue weighted by Crippen LogP contribution is 2.16. The molecule has 4 aromatic heterocycles. The lowest BCUT2D eigenvalue weighted by molar-refractivity contribution is 0.168. The number of aromatic nitrogens is 4. The third kappa shape index (κ3) is 11.1. The van der Waals surface area contributed by atoms with Gasteiger partial charge in [0.15, 0.2) is 0 Å². The van der Waals surface area contributed by atoms with Crippen molar-refractivity contribution >= 4 is 0 Å². The Balaban J connectivity index is 1.24. The zero-order valence-electron chi connectivity index (χ0n) is 28.0. The van der Waals surface area contributed by atoms with Gasteiger partial charge in [0.2, 0.25) is 0 Å². The molecule has 0 spiro atoms. The first-order chi connectivity index (χ1) is 23.7. The van der Waals surface area contributed by atoms with Crippen LogP contribution in [0.2, 0.25) is 0 Å². The van der Waals surface area contributed by atoms with E-state index in [0.717, 1.165) is 91.4 Å². The van der Waals surface area contributed by atoms with Gasteiger partial charge in [-0.15, -0.1) is 0 Å². The Hall–Kier alpha value is -4.34. The van der Waals surface area contributed by atoms with Gasteiger partial charge >= 0.3 is 0 Å². The van der Waals surface area contributed by atoms with Crippen molar-refractivity contribution in [2.24, 2.45) is 0 Å². The Morgan fingerprint density at radius 2 is 0.604 bits per heavy atom. The molecule has 2 bridgehead atoms. The van der Waals surface area contributed by atoms with E-state index in [9.17, 15) is 0 Å². The zero-order chi connectivity index (χ0) is 32.6. The van der Waals surface area contributed by atoms with E-state index in [-0.39, 0.29) is 0 Å². The molecule has 0 saturated heterocycles. The predicted octanol–water partition coefficient (Wildman–Crippen LogP) is 6.07. The van der Waals surface area contributed by atoms with E-state index in [0.29, 0.717) is 0 Å². The number of nitrogens with zero attached hydrogens (tertiary/aromatic N) is 8. The molecule has 6 heterocycles. The first-order valence-electron chi connectivity index (χ1n) is 17.3. The molecule has 7 rings (SSSR count). The maximum Gasteiger partial charge on any atom is 0.0271 e. The fraction of sp³-hybridized carbons (Fsp3) is 0.350. The van der Waals surface area contributed by atoms with Crippen molar-refractivity contribution in [1.82, 2.24) is 39.5 Å². The van der Waals surface area contributed by atoms with Crippen molar-refractivity contribution in [3.05, 3.63) is 156 Å². The maximum atomic E-state index is 4.27. The van der Waals surface area contributed by atoms with E-state index in [4.69, 9.17) is 0 Å². The van der Waals surface area contributed by atoms with Gasteiger partial charge in [0, 0.05) is 115 Å². The lowest BCUT2D eigenvalue weighted by Gasteiger charge is -2.30. The van der Waals surface area contributed by atoms with Crippen LogP contribution in [0.3, 0.4) is 0 Å². The number of hydrogen-bond acceptors (Lipinski definition) is 8. The average Bonchev–Trinajstić information content (AvgIpc) is 3.12. The minimum absolute atomic E-state index is 0.911. The summed E-state index contributed by atoms with van der Waals surface area (Å²) in [6, 6.07) is 26.5. The molecule has 8 nitrogen and oxygen atoms in total. The normalized spacial score (nSPS) is 16.8. The summed E-state index contributed by atoms with van der Waals surface area (Å²) < 4.78 is 0. The van der Waals surface area contributed by atoms with Crippen LogP contribution in [-0.2, 0) is 39.3 Å². The second-order valence-corrected chi connectivity index (χ2v) is 12.9. The Kier molecular flexibility index (Phi) is 12.8. The van der Waals surface area contributed by atoms with E-state index < -0.39 is 0 Å². The molecule has 48 heavy (non-hydrogen) atoms. The maximum absolute atomic E-state index is 4.27. The summed E-state index contributed by atoms with van der Waals surface area (Å²) in [6.45, 7) is 11.7. The van der Waals surface area contributed by atoms with Gasteiger partial charge in [-0.05, 0) is 108 Å². The largest absolute Gasteiger partial charge is 0.298 e. The Labute approximate surface area is 286 Å². The van der Waals surface area contributed by atoms with Gasteiger partial charge in [-0.3, -0.25) is 39.5 Å². The molecule has 0 saturated carbocycles. The van der Waals surface area contributed by atoms with Crippen LogP contribution in [0.15, 0.2) is 122 Å². The molecular formula is C40H48N8. The average molecular weight is 641 g/mol. The van der Waals surface area contributed by atoms with Gasteiger partial charge in [-0.1, -0.05) is 24.3 Å². The van der Waals surface area contributed by atoms with Crippen molar-refractivity contribution in [1.29, 1.82) is 0 Å². The van der Waals surface area contributed by atoms with E-state index in [2.05, 4.69) is 112 Å². The van der Waals surface area contributed by atoms with Crippen LogP contribution >= 0.6 is 0 Å². The van der Waals surface area contributed by atoms with Crippen LogP contribution in [0, 0.1) is 0 Å². The highest BCUT2D eigenvalue weighted by atomic mass is 15.2. The monoisotopic (exact) mass is 640 g/mol. The van der Waals surface area contributed by atoms with Crippen LogP contribution in [0.4, 0.5) is 0 Å². The SMILES string of the molecule is c1cc(CN2CCCN(Cc3ccncc3)Cc3ccc(cc3)CN(Cc3ccncc3)CCCN(Cc3ccncc3)CC2)ccn1. The molecular weight excluding hydrogens is 592 g/mol. The van der Waals surface area contributed by atoms with Crippen LogP contribution < -0.4 is 0 Å². The quantitative estimate of drug-likeness (QED) is 0.203. The molecule has 0 amide bonds. The third-order valence-electron chi connectivity index (χ3n) is 9.09. The lowest BCUT2D eigenvalue weighted by Crippen LogP contribution is -2.37. The molecule has 0 aliphatic carbocycles. The number of rotatable bonds is 8. The van der Waals surface area contributed by atoms with Gasteiger partial charge < -0.3 is 0 Å². The molecule has 0 atom stereocenters. The molecule has 0 N–H and O–H groups in total. The van der Waals surface area contributed by atoms with Gasteiger partial charge in [0.05, 0.1) is 0 Å². The number of fused-ring (bicyclic) bond motifs is 15. The Morgan fingerprint density at radius 1 is 0.333 bits per heavy atom. The molecule has 1 aromatic carbocycles. The topological polar surface area (TPSA) is 64.5 Å². The standard InChI is InChI=1S/C40H48N8/c1-23-45(29-37-7-15-41-16-8-37)27-28-46(30-38-9-17-42-18-10-38)24-2-26-48(34-40-13-21-44-22-14-40)32-36-5-3-35(4-6-36)31-47(25-1)33-39-11-19-43-20-12-39/h3-22H,1-2,23-34H2. The van der Waals surface area contributed by atoms with Crippen molar-refractivity contribution in [3.8, 4) is 0 Å². The van der Waals surface area contributed by atoms with Crippen molar-refractivity contribution in [3.63, 3.8) is 0 Å². The molecule has 0 unspecified atom stereocenters. The summed E-state index contributed by atoms with van der Waals surface area (Å²) in [7, 11) is 0. The number of pyridine rings is 4. The van der Waals surface area contributed by atoms with Crippen molar-refractivity contribution < 1.29 is 0 Å². The minimum atomic E-state index is 0.911. The van der Waals surface area contributed by atoms with Crippen molar-refractivity contribution in [2.75, 3.05) is 39.3 Å². The number of hydrogen-bond donors (Lipinski definition) is 0. The molecule has 2 aliphatic rings. The smallest absolute Gasteiger partial charge is 0.0271 e. The summed E-state index contributed by atoms with van der Waals surface area (Å²) in [5, 5.41) is 0. The second kappa shape index (κ2) is 18.3. The van der Waals surface area contributed by atoms with Gasteiger partial charge in [0.25, 0.3) is 0 Å². The second-order valence-electron chi connectivity index (χ2n) is 12.9. The lowest BCUT2D eigenvalue weighted by atomic mass is 10.1. The van der Waals surface area contributed by atoms with Crippen molar-refractivity contribution in [2.45, 2.75) is 52.1 Å². The minimum Gasteiger partial charge on any atom is -0.298 e. The van der Waals surface area contributed by atoms with Crippen LogP contribution in [-0.4, -0.2) is 78.8 Å². The van der Waals surface area contributed by atoms with Crippen LogP contribution in [0.25, 0.3) is 0 Å². The summed E-state index contributed by atoms with van der Waals surface area (Å²) in [6.07, 6.45) is 17.4. The fourth-order valence-corrected chi connectivity index (χ4v) is 6.54. The highest BCUT2D eigenvalue weighted by molar-refractivity contribution is 5.23. The van der Waals surface area contributed by atoms with E-state index in [1.807, 2.05) is 49.6 Å². The van der Waals surface area contributed by atoms with E-state index in [1.54, 1.807) is 0 Å². The summed E-state index contributed by atoms with van der Waals surface area (Å²) >= 11 is 0. The third-order valence-corrected chi connectivity index (χ3v) is 9.09. The van der Waals surface area contributed by atoms with Gasteiger partial charge in [-0.2, -0.15) is 0 Å². The Bertz CT molecular complexity index is 1470. The zero-order valence-corrected chi connectivity index (χ0v) is 28.0. The number of benzene rings is 1. The first-order valence-corrected chi connectivity index (χ1v) is 17.3. The fourth-order valence-electron chi connectivity index (χ4n) is 6.54. The molecule has 5 aromatic rings. The van der Waals surface area contributed by atoms with Gasteiger partial charge in [-0.25, -0.2) is 0 Å². The highest BCUT2D eigenvalue weighted by Gasteiger charge is 2.15. The van der Waals surface area contributed by atoms with E-state index in [1.165, 1.54) is 33.4 Å². The predicted molar refractivity (Wildman–Crippen MR) is 191 cm³/mol. The molecule has 8 heteroatoms. The summed E-state index contributed by atoms with van der Waals surface area (Å²) in [4.78, 5) is 27.5. The van der Waals surface area contributed by atoms with Crippen LogP contribution in [0.1, 0.15) is 46.2 Å². The summed E-state index contributed by atoms with van der Waals surface area (Å²) in [5.41, 5.74) is 7.94. The van der Waals surface area contributed by atoms with Gasteiger partial charge in [0.1, 0.15) is 0 Å². The molecule has 0 fully saturated rings. The Morgan fingerprint density at radius 3 is 0.917 bits per heavy atom. The van der Waals surface area contributed by atoms with Crippen LogP contribution in [0.5, 0.6) is 0 Å². The molecule has 248 valence electrons. The van der Waals surface area contributed by atoms with E-state index >= 15 is 0 Å².